The molecule has 1 aliphatic rings. The van der Waals surface area contributed by atoms with E-state index in [4.69, 9.17) is 9.47 Å². The van der Waals surface area contributed by atoms with Crippen molar-refractivity contribution in [1.82, 2.24) is 0 Å². The van der Waals surface area contributed by atoms with E-state index in [0.29, 0.717) is 13.2 Å². The Morgan fingerprint density at radius 2 is 2.07 bits per heavy atom. The maximum atomic E-state index is 5.55. The molecule has 0 fully saturated rings. The lowest BCUT2D eigenvalue weighted by molar-refractivity contribution is 0.170. The van der Waals surface area contributed by atoms with Crippen molar-refractivity contribution < 1.29 is 9.47 Å². The van der Waals surface area contributed by atoms with E-state index in [-0.39, 0.29) is 0 Å². The van der Waals surface area contributed by atoms with Gasteiger partial charge in [-0.1, -0.05) is 0 Å². The van der Waals surface area contributed by atoms with Gasteiger partial charge in [-0.15, -0.1) is 0 Å². The van der Waals surface area contributed by atoms with Crippen LogP contribution in [0.4, 0.5) is 0 Å². The molecule has 82 valence electrons. The van der Waals surface area contributed by atoms with E-state index >= 15 is 0 Å². The number of benzene rings is 1. The molecule has 0 unspecified atom stereocenters. The molecule has 1 heterocycles. The summed E-state index contributed by atoms with van der Waals surface area (Å²) in [6.45, 7) is 1.26. The number of fused-ring (bicyclic) bond motifs is 1. The molecule has 0 saturated carbocycles. The Balaban J connectivity index is 2.24. The van der Waals surface area contributed by atoms with Crippen molar-refractivity contribution in [1.29, 1.82) is 0 Å². The zero-order valence-electron chi connectivity index (χ0n) is 8.33. The van der Waals surface area contributed by atoms with Gasteiger partial charge in [-0.05, 0) is 52.2 Å². The molecule has 4 heteroatoms. The highest BCUT2D eigenvalue weighted by Crippen LogP contribution is 2.38. The van der Waals surface area contributed by atoms with Crippen LogP contribution in [0.1, 0.15) is 12.0 Å². The molecule has 0 amide bonds. The molecule has 2 nitrogen and oxygen atoms in total. The average Bonchev–Trinajstić information content (AvgIpc) is 2.26. The third kappa shape index (κ3) is 2.61. The summed E-state index contributed by atoms with van der Waals surface area (Å²) in [6.07, 6.45) is 2.11. The van der Waals surface area contributed by atoms with Crippen LogP contribution in [-0.4, -0.2) is 19.0 Å². The Kier molecular flexibility index (Phi) is 3.81. The SMILES string of the molecule is SCCCc1cc(Br)c2c(c1)OCCO2. The Morgan fingerprint density at radius 3 is 2.87 bits per heavy atom. The van der Waals surface area contributed by atoms with Crippen LogP contribution in [-0.2, 0) is 6.42 Å². The first-order valence-electron chi connectivity index (χ1n) is 5.00. The first-order valence-corrected chi connectivity index (χ1v) is 6.42. The first kappa shape index (κ1) is 11.1. The van der Waals surface area contributed by atoms with Crippen LogP contribution in [0.15, 0.2) is 16.6 Å². The molecule has 0 saturated heterocycles. The summed E-state index contributed by atoms with van der Waals surface area (Å²) in [5, 5.41) is 0. The maximum absolute atomic E-state index is 5.55. The summed E-state index contributed by atoms with van der Waals surface area (Å²) in [4.78, 5) is 0. The molecule has 0 radical (unpaired) electrons. The Hall–Kier alpha value is -0.350. The topological polar surface area (TPSA) is 18.5 Å². The molecule has 1 aromatic rings. The van der Waals surface area contributed by atoms with Gasteiger partial charge in [-0.3, -0.25) is 0 Å². The second-order valence-corrected chi connectivity index (χ2v) is 4.73. The quantitative estimate of drug-likeness (QED) is 0.862. The van der Waals surface area contributed by atoms with Gasteiger partial charge in [0.1, 0.15) is 13.2 Å². The standard InChI is InChI=1S/C11H13BrO2S/c12-9-6-8(2-1-5-15)7-10-11(9)14-4-3-13-10/h6-7,15H,1-5H2. The van der Waals surface area contributed by atoms with Crippen molar-refractivity contribution in [3.05, 3.63) is 22.2 Å². The van der Waals surface area contributed by atoms with E-state index in [1.807, 2.05) is 0 Å². The average molecular weight is 289 g/mol. The van der Waals surface area contributed by atoms with E-state index in [2.05, 4.69) is 40.7 Å². The summed E-state index contributed by atoms with van der Waals surface area (Å²) in [5.74, 6) is 2.59. The number of halogens is 1. The molecule has 0 atom stereocenters. The first-order chi connectivity index (χ1) is 7.31. The number of thiol groups is 1. The van der Waals surface area contributed by atoms with E-state index < -0.39 is 0 Å². The minimum absolute atomic E-state index is 0.627. The molecule has 1 aliphatic heterocycles. The second-order valence-electron chi connectivity index (χ2n) is 3.43. The number of rotatable bonds is 3. The molecule has 0 bridgehead atoms. The van der Waals surface area contributed by atoms with Crippen LogP contribution in [0.5, 0.6) is 11.5 Å². The van der Waals surface area contributed by atoms with Crippen molar-refractivity contribution in [2.24, 2.45) is 0 Å². The van der Waals surface area contributed by atoms with Crippen LogP contribution >= 0.6 is 28.6 Å². The van der Waals surface area contributed by atoms with Crippen LogP contribution in [0.3, 0.4) is 0 Å². The summed E-state index contributed by atoms with van der Waals surface area (Å²) < 4.78 is 12.1. The van der Waals surface area contributed by atoms with Crippen LogP contribution in [0, 0.1) is 0 Å². The van der Waals surface area contributed by atoms with Crippen LogP contribution in [0.2, 0.25) is 0 Å². The number of hydrogen-bond donors (Lipinski definition) is 1. The fourth-order valence-corrected chi connectivity index (χ4v) is 2.35. The van der Waals surface area contributed by atoms with E-state index in [1.54, 1.807) is 0 Å². The van der Waals surface area contributed by atoms with Crippen molar-refractivity contribution in [2.75, 3.05) is 19.0 Å². The molecule has 0 spiro atoms. The fourth-order valence-electron chi connectivity index (χ4n) is 1.59. The summed E-state index contributed by atoms with van der Waals surface area (Å²) in [7, 11) is 0. The fraction of sp³-hybridized carbons (Fsp3) is 0.455. The minimum Gasteiger partial charge on any atom is -0.486 e. The molecule has 1 aromatic carbocycles. The highest BCUT2D eigenvalue weighted by Gasteiger charge is 2.15. The van der Waals surface area contributed by atoms with Gasteiger partial charge in [0.2, 0.25) is 0 Å². The zero-order valence-corrected chi connectivity index (χ0v) is 10.8. The number of ether oxygens (including phenoxy) is 2. The molecule has 2 rings (SSSR count). The van der Waals surface area contributed by atoms with Gasteiger partial charge < -0.3 is 9.47 Å². The normalized spacial score (nSPS) is 14.0. The molecular formula is C11H13BrO2S. The Labute approximate surface area is 103 Å². The van der Waals surface area contributed by atoms with Gasteiger partial charge >= 0.3 is 0 Å². The van der Waals surface area contributed by atoms with E-state index in [1.165, 1.54) is 5.56 Å². The van der Waals surface area contributed by atoms with Crippen molar-refractivity contribution >= 4 is 28.6 Å². The summed E-state index contributed by atoms with van der Waals surface area (Å²) in [5.41, 5.74) is 1.26. The highest BCUT2D eigenvalue weighted by molar-refractivity contribution is 9.10. The van der Waals surface area contributed by atoms with Gasteiger partial charge in [0.25, 0.3) is 0 Å². The third-order valence-electron chi connectivity index (χ3n) is 2.28. The molecule has 15 heavy (non-hydrogen) atoms. The van der Waals surface area contributed by atoms with E-state index in [0.717, 1.165) is 34.6 Å². The Bertz CT molecular complexity index is 355. The molecular weight excluding hydrogens is 276 g/mol. The lowest BCUT2D eigenvalue weighted by Crippen LogP contribution is -2.15. The second kappa shape index (κ2) is 5.12. The highest BCUT2D eigenvalue weighted by atomic mass is 79.9. The van der Waals surface area contributed by atoms with Crippen LogP contribution < -0.4 is 9.47 Å². The molecule has 0 N–H and O–H groups in total. The summed E-state index contributed by atoms with van der Waals surface area (Å²) in [6, 6.07) is 4.15. The van der Waals surface area contributed by atoms with Crippen molar-refractivity contribution in [3.8, 4) is 11.5 Å². The Morgan fingerprint density at radius 1 is 1.27 bits per heavy atom. The van der Waals surface area contributed by atoms with Crippen molar-refractivity contribution in [2.45, 2.75) is 12.8 Å². The number of aryl methyl sites for hydroxylation is 1. The largest absolute Gasteiger partial charge is 0.486 e. The zero-order chi connectivity index (χ0) is 10.7. The lowest BCUT2D eigenvalue weighted by Gasteiger charge is -2.20. The predicted octanol–water partition coefficient (Wildman–Crippen LogP) is 3.08. The smallest absolute Gasteiger partial charge is 0.175 e. The third-order valence-corrected chi connectivity index (χ3v) is 3.19. The predicted molar refractivity (Wildman–Crippen MR) is 67.3 cm³/mol. The maximum Gasteiger partial charge on any atom is 0.175 e. The van der Waals surface area contributed by atoms with E-state index in [9.17, 15) is 0 Å². The monoisotopic (exact) mass is 288 g/mol. The van der Waals surface area contributed by atoms with Gasteiger partial charge in [0, 0.05) is 0 Å². The van der Waals surface area contributed by atoms with Gasteiger partial charge in [0.05, 0.1) is 4.47 Å². The van der Waals surface area contributed by atoms with Gasteiger partial charge in [-0.2, -0.15) is 12.6 Å². The summed E-state index contributed by atoms with van der Waals surface area (Å²) >= 11 is 7.71. The lowest BCUT2D eigenvalue weighted by atomic mass is 10.1. The van der Waals surface area contributed by atoms with Crippen LogP contribution in [0.25, 0.3) is 0 Å². The molecule has 0 aromatic heterocycles. The minimum atomic E-state index is 0.627. The molecule has 0 aliphatic carbocycles. The van der Waals surface area contributed by atoms with Crippen molar-refractivity contribution in [3.63, 3.8) is 0 Å². The van der Waals surface area contributed by atoms with Gasteiger partial charge in [-0.25, -0.2) is 0 Å². The van der Waals surface area contributed by atoms with Gasteiger partial charge in [0.15, 0.2) is 11.5 Å². The number of hydrogen-bond acceptors (Lipinski definition) is 3.